The second-order valence-electron chi connectivity index (χ2n) is 6.35. The van der Waals surface area contributed by atoms with Crippen LogP contribution in [0.4, 0.5) is 16.2 Å². The molecule has 1 heterocycles. The van der Waals surface area contributed by atoms with Gasteiger partial charge in [-0.05, 0) is 55.3 Å². The van der Waals surface area contributed by atoms with E-state index in [1.54, 1.807) is 42.5 Å². The molecule has 1 atom stereocenters. The fraction of sp³-hybridized carbons (Fsp3) is 0.300. The molecule has 3 amide bonds. The van der Waals surface area contributed by atoms with Crippen LogP contribution in [0.2, 0.25) is 5.02 Å². The number of hydrogen-bond donors (Lipinski definition) is 3. The van der Waals surface area contributed by atoms with Crippen molar-refractivity contribution in [3.63, 3.8) is 0 Å². The number of hydrogen-bond acceptors (Lipinski definition) is 4. The fourth-order valence-electron chi connectivity index (χ4n) is 2.88. The first kappa shape index (κ1) is 20.0. The van der Waals surface area contributed by atoms with E-state index >= 15 is 0 Å². The van der Waals surface area contributed by atoms with Gasteiger partial charge in [-0.2, -0.15) is 0 Å². The zero-order valence-electron chi connectivity index (χ0n) is 15.5. The molecule has 0 spiro atoms. The van der Waals surface area contributed by atoms with Gasteiger partial charge < -0.3 is 25.4 Å². The Labute approximate surface area is 168 Å². The predicted octanol–water partition coefficient (Wildman–Crippen LogP) is 3.90. The quantitative estimate of drug-likeness (QED) is 0.682. The van der Waals surface area contributed by atoms with Gasteiger partial charge >= 0.3 is 6.03 Å². The van der Waals surface area contributed by atoms with Gasteiger partial charge in [0.1, 0.15) is 5.75 Å². The SMILES string of the molecule is COc1ccc(Cl)cc1C(=O)Nc1ccc(NC(=O)NCC2CCCO2)cc1. The van der Waals surface area contributed by atoms with Crippen molar-refractivity contribution in [2.75, 3.05) is 30.9 Å². The number of carbonyl (C=O) groups is 2. The van der Waals surface area contributed by atoms with Gasteiger partial charge in [0.25, 0.3) is 5.91 Å². The van der Waals surface area contributed by atoms with Gasteiger partial charge in [0, 0.05) is 29.5 Å². The summed E-state index contributed by atoms with van der Waals surface area (Å²) >= 11 is 5.97. The lowest BCUT2D eigenvalue weighted by Gasteiger charge is -2.12. The Balaban J connectivity index is 1.54. The molecule has 0 aliphatic carbocycles. The molecule has 1 aliphatic heterocycles. The molecular formula is C20H22ClN3O4. The summed E-state index contributed by atoms with van der Waals surface area (Å²) in [6.45, 7) is 1.24. The van der Waals surface area contributed by atoms with Crippen LogP contribution < -0.4 is 20.7 Å². The number of halogens is 1. The molecular weight excluding hydrogens is 382 g/mol. The number of benzene rings is 2. The average molecular weight is 404 g/mol. The van der Waals surface area contributed by atoms with E-state index in [4.69, 9.17) is 21.1 Å². The molecule has 28 heavy (non-hydrogen) atoms. The second kappa shape index (κ2) is 9.43. The standard InChI is InChI=1S/C20H22ClN3O4/c1-27-18-9-4-13(21)11-17(18)19(25)23-14-5-7-15(8-6-14)24-20(26)22-12-16-3-2-10-28-16/h4-9,11,16H,2-3,10,12H2,1H3,(H,23,25)(H2,22,24,26). The third kappa shape index (κ3) is 5.37. The first-order chi connectivity index (χ1) is 13.5. The van der Waals surface area contributed by atoms with Crippen molar-refractivity contribution >= 4 is 34.9 Å². The number of amides is 3. The highest BCUT2D eigenvalue weighted by molar-refractivity contribution is 6.31. The zero-order chi connectivity index (χ0) is 19.9. The van der Waals surface area contributed by atoms with Crippen LogP contribution in [0.25, 0.3) is 0 Å². The third-order valence-electron chi connectivity index (χ3n) is 4.32. The molecule has 0 bridgehead atoms. The Morgan fingerprint density at radius 2 is 1.86 bits per heavy atom. The number of nitrogens with one attached hydrogen (secondary N) is 3. The van der Waals surface area contributed by atoms with Crippen molar-refractivity contribution in [3.05, 3.63) is 53.1 Å². The minimum absolute atomic E-state index is 0.0896. The highest BCUT2D eigenvalue weighted by atomic mass is 35.5. The third-order valence-corrected chi connectivity index (χ3v) is 4.56. The first-order valence-electron chi connectivity index (χ1n) is 8.96. The minimum atomic E-state index is -0.339. The van der Waals surface area contributed by atoms with Crippen molar-refractivity contribution in [1.82, 2.24) is 5.32 Å². The lowest BCUT2D eigenvalue weighted by Crippen LogP contribution is -2.35. The highest BCUT2D eigenvalue weighted by Gasteiger charge is 2.16. The van der Waals surface area contributed by atoms with Gasteiger partial charge in [0.2, 0.25) is 0 Å². The van der Waals surface area contributed by atoms with E-state index in [9.17, 15) is 9.59 Å². The normalized spacial score (nSPS) is 15.7. The minimum Gasteiger partial charge on any atom is -0.496 e. The Morgan fingerprint density at radius 1 is 1.14 bits per heavy atom. The van der Waals surface area contributed by atoms with Crippen LogP contribution in [0.15, 0.2) is 42.5 Å². The molecule has 1 aliphatic rings. The summed E-state index contributed by atoms with van der Waals surface area (Å²) in [6.07, 6.45) is 2.08. The smallest absolute Gasteiger partial charge is 0.319 e. The topological polar surface area (TPSA) is 88.7 Å². The van der Waals surface area contributed by atoms with Crippen molar-refractivity contribution in [1.29, 1.82) is 0 Å². The van der Waals surface area contributed by atoms with E-state index < -0.39 is 0 Å². The highest BCUT2D eigenvalue weighted by Crippen LogP contribution is 2.24. The summed E-state index contributed by atoms with van der Waals surface area (Å²) in [5.74, 6) is 0.0949. The van der Waals surface area contributed by atoms with Crippen LogP contribution in [-0.2, 0) is 4.74 Å². The van der Waals surface area contributed by atoms with Crippen LogP contribution in [-0.4, -0.2) is 38.3 Å². The molecule has 0 aromatic heterocycles. The Bertz CT molecular complexity index is 836. The molecule has 1 saturated heterocycles. The van der Waals surface area contributed by atoms with Crippen LogP contribution in [0.3, 0.4) is 0 Å². The molecule has 3 rings (SSSR count). The maximum Gasteiger partial charge on any atom is 0.319 e. The number of methoxy groups -OCH3 is 1. The van der Waals surface area contributed by atoms with Crippen molar-refractivity contribution in [3.8, 4) is 5.75 Å². The number of rotatable bonds is 6. The van der Waals surface area contributed by atoms with Crippen LogP contribution >= 0.6 is 11.6 Å². The summed E-state index contributed by atoms with van der Waals surface area (Å²) in [5, 5.41) is 8.76. The average Bonchev–Trinajstić information content (AvgIpc) is 3.21. The lowest BCUT2D eigenvalue weighted by atomic mass is 10.1. The summed E-state index contributed by atoms with van der Waals surface area (Å²) in [5.41, 5.74) is 1.53. The van der Waals surface area contributed by atoms with Gasteiger partial charge in [0.15, 0.2) is 0 Å². The van der Waals surface area contributed by atoms with Crippen LogP contribution in [0.1, 0.15) is 23.2 Å². The van der Waals surface area contributed by atoms with Gasteiger partial charge in [-0.15, -0.1) is 0 Å². The zero-order valence-corrected chi connectivity index (χ0v) is 16.2. The van der Waals surface area contributed by atoms with E-state index in [0.717, 1.165) is 19.4 Å². The Morgan fingerprint density at radius 3 is 2.50 bits per heavy atom. The molecule has 7 nitrogen and oxygen atoms in total. The Hall–Kier alpha value is -2.77. The molecule has 0 radical (unpaired) electrons. The summed E-state index contributed by atoms with van der Waals surface area (Å²) in [7, 11) is 1.49. The van der Waals surface area contributed by atoms with E-state index in [1.165, 1.54) is 7.11 Å². The number of anilines is 2. The fourth-order valence-corrected chi connectivity index (χ4v) is 3.05. The van der Waals surface area contributed by atoms with Crippen LogP contribution in [0.5, 0.6) is 5.75 Å². The molecule has 2 aromatic rings. The second-order valence-corrected chi connectivity index (χ2v) is 6.78. The molecule has 3 N–H and O–H groups in total. The molecule has 1 fully saturated rings. The van der Waals surface area contributed by atoms with E-state index in [1.807, 2.05) is 0 Å². The van der Waals surface area contributed by atoms with E-state index in [2.05, 4.69) is 16.0 Å². The van der Waals surface area contributed by atoms with Crippen molar-refractivity contribution in [2.45, 2.75) is 18.9 Å². The number of carbonyl (C=O) groups excluding carboxylic acids is 2. The maximum atomic E-state index is 12.5. The number of ether oxygens (including phenoxy) is 2. The van der Waals surface area contributed by atoms with Crippen LogP contribution in [0, 0.1) is 0 Å². The van der Waals surface area contributed by atoms with Gasteiger partial charge in [0.05, 0.1) is 18.8 Å². The van der Waals surface area contributed by atoms with E-state index in [0.29, 0.717) is 34.3 Å². The van der Waals surface area contributed by atoms with Gasteiger partial charge in [-0.1, -0.05) is 11.6 Å². The molecule has 8 heteroatoms. The predicted molar refractivity (Wildman–Crippen MR) is 108 cm³/mol. The Kier molecular flexibility index (Phi) is 6.73. The first-order valence-corrected chi connectivity index (χ1v) is 9.34. The van der Waals surface area contributed by atoms with E-state index in [-0.39, 0.29) is 18.0 Å². The van der Waals surface area contributed by atoms with Crippen molar-refractivity contribution in [2.24, 2.45) is 0 Å². The summed E-state index contributed by atoms with van der Waals surface area (Å²) in [4.78, 5) is 24.4. The summed E-state index contributed by atoms with van der Waals surface area (Å²) < 4.78 is 10.7. The van der Waals surface area contributed by atoms with Gasteiger partial charge in [-0.25, -0.2) is 4.79 Å². The molecule has 148 valence electrons. The molecule has 1 unspecified atom stereocenters. The maximum absolute atomic E-state index is 12.5. The summed E-state index contributed by atoms with van der Waals surface area (Å²) in [6, 6.07) is 11.4. The largest absolute Gasteiger partial charge is 0.496 e. The molecule has 2 aromatic carbocycles. The monoisotopic (exact) mass is 403 g/mol. The van der Waals surface area contributed by atoms with Crippen molar-refractivity contribution < 1.29 is 19.1 Å². The molecule has 0 saturated carbocycles. The number of urea groups is 1. The van der Waals surface area contributed by atoms with Gasteiger partial charge in [-0.3, -0.25) is 4.79 Å². The lowest BCUT2D eigenvalue weighted by molar-refractivity contribution is 0.102.